The Labute approximate surface area is 190 Å². The molecule has 0 aliphatic carbocycles. The van der Waals surface area contributed by atoms with Crippen LogP contribution in [0.4, 0.5) is 0 Å². The highest BCUT2D eigenvalue weighted by atomic mass is 16.7. The first-order chi connectivity index (χ1) is 16.2. The number of hydrogen-bond donors (Lipinski definition) is 2. The van der Waals surface area contributed by atoms with Gasteiger partial charge in [-0.05, 0) is 59.9 Å². The van der Waals surface area contributed by atoms with Gasteiger partial charge in [-0.3, -0.25) is 4.90 Å². The third-order valence-electron chi connectivity index (χ3n) is 7.21. The van der Waals surface area contributed by atoms with Crippen LogP contribution in [0.15, 0.2) is 42.5 Å². The van der Waals surface area contributed by atoms with Crippen molar-refractivity contribution < 1.29 is 19.3 Å². The van der Waals surface area contributed by atoms with Gasteiger partial charge in [0.05, 0.1) is 18.1 Å². The molecule has 3 aliphatic rings. The van der Waals surface area contributed by atoms with Crippen molar-refractivity contribution >= 4 is 11.0 Å². The normalized spacial score (nSPS) is 18.6. The van der Waals surface area contributed by atoms with Gasteiger partial charge >= 0.3 is 0 Å². The molecule has 0 bridgehead atoms. The van der Waals surface area contributed by atoms with Gasteiger partial charge in [0.15, 0.2) is 23.0 Å². The first-order valence-electron chi connectivity index (χ1n) is 11.2. The number of imidazole rings is 1. The summed E-state index contributed by atoms with van der Waals surface area (Å²) in [7, 11) is 1.59. The third-order valence-corrected chi connectivity index (χ3v) is 7.21. The van der Waals surface area contributed by atoms with E-state index in [1.165, 1.54) is 11.1 Å². The fraction of sp³-hybridized carbons (Fsp3) is 0.269. The van der Waals surface area contributed by atoms with E-state index in [0.717, 1.165) is 64.4 Å². The minimum Gasteiger partial charge on any atom is -0.504 e. The lowest BCUT2D eigenvalue weighted by atomic mass is 9.81. The summed E-state index contributed by atoms with van der Waals surface area (Å²) < 4.78 is 16.8. The Morgan fingerprint density at radius 1 is 1.12 bits per heavy atom. The van der Waals surface area contributed by atoms with Crippen LogP contribution in [-0.2, 0) is 19.4 Å². The van der Waals surface area contributed by atoms with Crippen molar-refractivity contribution in [2.45, 2.75) is 25.4 Å². The summed E-state index contributed by atoms with van der Waals surface area (Å²) in [6.07, 6.45) is 1.71. The molecular formula is C26H23N3O4. The number of ether oxygens (including phenoxy) is 3. The molecule has 0 saturated heterocycles. The van der Waals surface area contributed by atoms with Gasteiger partial charge in [-0.25, -0.2) is 4.98 Å². The van der Waals surface area contributed by atoms with E-state index in [9.17, 15) is 5.11 Å². The molecule has 3 aliphatic heterocycles. The quantitative estimate of drug-likeness (QED) is 0.482. The molecule has 0 amide bonds. The average molecular weight is 441 g/mol. The molecule has 1 aromatic heterocycles. The number of aromatic amines is 1. The predicted molar refractivity (Wildman–Crippen MR) is 123 cm³/mol. The van der Waals surface area contributed by atoms with E-state index in [-0.39, 0.29) is 18.6 Å². The molecule has 33 heavy (non-hydrogen) atoms. The first kappa shape index (κ1) is 18.8. The molecule has 0 spiro atoms. The summed E-state index contributed by atoms with van der Waals surface area (Å²) in [5.74, 6) is 3.15. The highest BCUT2D eigenvalue weighted by molar-refractivity contribution is 5.81. The van der Waals surface area contributed by atoms with Crippen LogP contribution in [0.5, 0.6) is 23.0 Å². The number of fused-ring (bicyclic) bond motifs is 6. The zero-order valence-corrected chi connectivity index (χ0v) is 18.2. The summed E-state index contributed by atoms with van der Waals surface area (Å²) in [4.78, 5) is 10.7. The van der Waals surface area contributed by atoms with Crippen LogP contribution in [0.3, 0.4) is 0 Å². The number of rotatable bonds is 2. The fourth-order valence-corrected chi connectivity index (χ4v) is 5.56. The van der Waals surface area contributed by atoms with Crippen molar-refractivity contribution in [2.75, 3.05) is 20.4 Å². The van der Waals surface area contributed by atoms with Gasteiger partial charge in [-0.2, -0.15) is 0 Å². The van der Waals surface area contributed by atoms with Crippen LogP contribution in [0.25, 0.3) is 22.4 Å². The third kappa shape index (κ3) is 2.75. The van der Waals surface area contributed by atoms with Crippen molar-refractivity contribution in [2.24, 2.45) is 0 Å². The second kappa shape index (κ2) is 6.89. The maximum absolute atomic E-state index is 11.0. The van der Waals surface area contributed by atoms with Gasteiger partial charge in [-0.15, -0.1) is 0 Å². The van der Waals surface area contributed by atoms with E-state index in [2.05, 4.69) is 22.0 Å². The van der Waals surface area contributed by atoms with Crippen LogP contribution >= 0.6 is 0 Å². The van der Waals surface area contributed by atoms with Gasteiger partial charge in [0.25, 0.3) is 0 Å². The van der Waals surface area contributed by atoms with Crippen molar-refractivity contribution in [3.8, 4) is 34.4 Å². The molecule has 1 atom stereocenters. The summed E-state index contributed by atoms with van der Waals surface area (Å²) in [5.41, 5.74) is 7.50. The van der Waals surface area contributed by atoms with E-state index >= 15 is 0 Å². The van der Waals surface area contributed by atoms with E-state index in [1.54, 1.807) is 7.11 Å². The molecular weight excluding hydrogens is 418 g/mol. The van der Waals surface area contributed by atoms with Crippen LogP contribution in [-0.4, -0.2) is 40.4 Å². The Hall–Kier alpha value is -3.71. The number of hydrogen-bond acceptors (Lipinski definition) is 6. The Balaban J connectivity index is 1.39. The largest absolute Gasteiger partial charge is 0.504 e. The number of phenols is 1. The zero-order chi connectivity index (χ0) is 22.1. The molecule has 1 unspecified atom stereocenters. The monoisotopic (exact) mass is 441 g/mol. The van der Waals surface area contributed by atoms with Crippen LogP contribution in [0, 0.1) is 0 Å². The predicted octanol–water partition coefficient (Wildman–Crippen LogP) is 4.33. The molecule has 0 saturated carbocycles. The number of benzene rings is 3. The summed E-state index contributed by atoms with van der Waals surface area (Å²) in [5, 5.41) is 11.0. The van der Waals surface area contributed by atoms with Crippen LogP contribution in [0.1, 0.15) is 28.3 Å². The molecule has 7 nitrogen and oxygen atoms in total. The Bertz CT molecular complexity index is 1390. The zero-order valence-electron chi connectivity index (χ0n) is 18.2. The molecule has 4 aromatic rings. The van der Waals surface area contributed by atoms with Crippen LogP contribution < -0.4 is 14.2 Å². The number of aromatic nitrogens is 2. The Kier molecular flexibility index (Phi) is 3.93. The summed E-state index contributed by atoms with van der Waals surface area (Å²) >= 11 is 0. The molecule has 2 N–H and O–H groups in total. The number of nitrogens with zero attached hydrogens (tertiary/aromatic N) is 2. The number of aromatic hydroxyl groups is 1. The maximum atomic E-state index is 11.0. The van der Waals surface area contributed by atoms with Crippen molar-refractivity contribution in [1.82, 2.24) is 14.9 Å². The second-order valence-corrected chi connectivity index (χ2v) is 8.88. The second-order valence-electron chi connectivity index (χ2n) is 8.88. The summed E-state index contributed by atoms with van der Waals surface area (Å²) in [6.45, 7) is 1.86. The van der Waals surface area contributed by atoms with Gasteiger partial charge < -0.3 is 24.3 Å². The minimum atomic E-state index is 0.201. The molecule has 7 heteroatoms. The highest BCUT2D eigenvalue weighted by Gasteiger charge is 2.37. The smallest absolute Gasteiger partial charge is 0.231 e. The van der Waals surface area contributed by atoms with E-state index in [4.69, 9.17) is 19.2 Å². The summed E-state index contributed by atoms with van der Waals surface area (Å²) in [6, 6.07) is 14.4. The van der Waals surface area contributed by atoms with Gasteiger partial charge in [-0.1, -0.05) is 12.1 Å². The first-order valence-corrected chi connectivity index (χ1v) is 11.2. The highest BCUT2D eigenvalue weighted by Crippen LogP contribution is 2.49. The van der Waals surface area contributed by atoms with Crippen molar-refractivity contribution in [1.29, 1.82) is 0 Å². The number of methoxy groups -OCH3 is 1. The standard InChI is InChI=1S/C26H23N3O4/c1-31-24-11-17(26-27-19-4-2-3-5-20(19)28-26)16-9-21-15-10-23-22(32-13-33-23)8-14(15)6-7-29(21)12-18(16)25(24)30/h2-5,8,10-11,21,30H,6-7,9,12-13H2,1H3,(H,27,28). The molecule has 0 radical (unpaired) electrons. The SMILES string of the molecule is COc1cc(-c2nc3ccccc3[nH]2)c2c(c1O)CN1CCc3cc4c(cc3C1C2)OCO4. The number of H-pyrrole nitrogens is 1. The van der Waals surface area contributed by atoms with Crippen molar-refractivity contribution in [3.05, 3.63) is 64.7 Å². The van der Waals surface area contributed by atoms with Crippen LogP contribution in [0.2, 0.25) is 0 Å². The minimum absolute atomic E-state index is 0.201. The lowest BCUT2D eigenvalue weighted by Gasteiger charge is -2.42. The lowest BCUT2D eigenvalue weighted by Crippen LogP contribution is -2.39. The topological polar surface area (TPSA) is 79.8 Å². The fourth-order valence-electron chi connectivity index (χ4n) is 5.56. The number of nitrogens with one attached hydrogen (secondary N) is 1. The average Bonchev–Trinajstić information content (AvgIpc) is 3.48. The van der Waals surface area contributed by atoms with E-state index < -0.39 is 0 Å². The van der Waals surface area contributed by atoms with Gasteiger partial charge in [0, 0.05) is 30.3 Å². The molecule has 7 rings (SSSR count). The molecule has 3 aromatic carbocycles. The number of para-hydroxylation sites is 2. The molecule has 166 valence electrons. The van der Waals surface area contributed by atoms with E-state index in [1.807, 2.05) is 30.3 Å². The Morgan fingerprint density at radius 2 is 1.97 bits per heavy atom. The van der Waals surface area contributed by atoms with Crippen molar-refractivity contribution in [3.63, 3.8) is 0 Å². The molecule has 0 fully saturated rings. The molecule has 4 heterocycles. The van der Waals surface area contributed by atoms with Gasteiger partial charge in [0.1, 0.15) is 5.82 Å². The maximum Gasteiger partial charge on any atom is 0.231 e. The van der Waals surface area contributed by atoms with Gasteiger partial charge in [0.2, 0.25) is 6.79 Å². The Morgan fingerprint density at radius 3 is 2.82 bits per heavy atom. The lowest BCUT2D eigenvalue weighted by molar-refractivity contribution is 0.158. The van der Waals surface area contributed by atoms with E-state index in [0.29, 0.717) is 12.3 Å². The number of phenolic OH excluding ortho intramolecular Hbond substituents is 1.